The minimum atomic E-state index is 0.134. The molecule has 1 aromatic carbocycles. The van der Waals surface area contributed by atoms with Crippen LogP contribution in [0.1, 0.15) is 12.5 Å². The summed E-state index contributed by atoms with van der Waals surface area (Å²) in [7, 11) is 0. The predicted molar refractivity (Wildman–Crippen MR) is 67.5 cm³/mol. The predicted octanol–water partition coefficient (Wildman–Crippen LogP) is 2.26. The number of carbonyl (C=O) groups excluding carboxylic acids is 1. The number of benzene rings is 1. The van der Waals surface area contributed by atoms with Gasteiger partial charge in [0.2, 0.25) is 0 Å². The first-order valence-corrected chi connectivity index (χ1v) is 6.25. The number of ketones is 1. The molecule has 2 aromatic rings. The Morgan fingerprint density at radius 1 is 1.41 bits per heavy atom. The lowest BCUT2D eigenvalue weighted by atomic mass is 10.2. The molecular weight excluding hydrogens is 234 g/mol. The number of nitrogens with zero attached hydrogens (tertiary/aromatic N) is 3. The third kappa shape index (κ3) is 2.74. The standard InChI is InChI=1S/C12H13N3OS/c1-9-5-3-4-6-11(9)15-8-13-14-12(15)17-7-10(2)16/h3-6,8H,7H2,1-2H3. The Morgan fingerprint density at radius 3 is 2.88 bits per heavy atom. The van der Waals surface area contributed by atoms with Gasteiger partial charge < -0.3 is 0 Å². The zero-order chi connectivity index (χ0) is 12.3. The second-order valence-corrected chi connectivity index (χ2v) is 4.70. The number of rotatable bonds is 4. The minimum Gasteiger partial charge on any atom is -0.299 e. The van der Waals surface area contributed by atoms with Gasteiger partial charge >= 0.3 is 0 Å². The number of aromatic nitrogens is 3. The van der Waals surface area contributed by atoms with Crippen LogP contribution >= 0.6 is 11.8 Å². The summed E-state index contributed by atoms with van der Waals surface area (Å²) in [6, 6.07) is 8.01. The van der Waals surface area contributed by atoms with Crippen molar-refractivity contribution in [3.63, 3.8) is 0 Å². The molecule has 0 unspecified atom stereocenters. The number of hydrogen-bond donors (Lipinski definition) is 0. The minimum absolute atomic E-state index is 0.134. The normalized spacial score (nSPS) is 10.5. The van der Waals surface area contributed by atoms with Crippen LogP contribution in [-0.2, 0) is 4.79 Å². The van der Waals surface area contributed by atoms with Gasteiger partial charge in [-0.05, 0) is 25.5 Å². The molecule has 5 heteroatoms. The lowest BCUT2D eigenvalue weighted by Gasteiger charge is -2.08. The molecule has 2 rings (SSSR count). The molecule has 0 saturated carbocycles. The first kappa shape index (κ1) is 11.9. The van der Waals surface area contributed by atoms with E-state index in [1.165, 1.54) is 11.8 Å². The third-order valence-electron chi connectivity index (χ3n) is 2.30. The average molecular weight is 247 g/mol. The van der Waals surface area contributed by atoms with E-state index in [0.29, 0.717) is 5.75 Å². The van der Waals surface area contributed by atoms with Crippen LogP contribution in [0.25, 0.3) is 5.69 Å². The molecule has 17 heavy (non-hydrogen) atoms. The highest BCUT2D eigenvalue weighted by atomic mass is 32.2. The van der Waals surface area contributed by atoms with Gasteiger partial charge in [0.05, 0.1) is 11.4 Å². The van der Waals surface area contributed by atoms with Gasteiger partial charge in [-0.25, -0.2) is 0 Å². The SMILES string of the molecule is CC(=O)CSc1nncn1-c1ccccc1C. The van der Waals surface area contributed by atoms with E-state index >= 15 is 0 Å². The Balaban J connectivity index is 2.31. The van der Waals surface area contributed by atoms with Gasteiger partial charge in [0.1, 0.15) is 12.1 Å². The molecule has 0 saturated heterocycles. The summed E-state index contributed by atoms with van der Waals surface area (Å²) in [6.45, 7) is 3.61. The molecule has 0 radical (unpaired) electrons. The maximum Gasteiger partial charge on any atom is 0.196 e. The molecule has 1 aromatic heterocycles. The van der Waals surface area contributed by atoms with E-state index in [9.17, 15) is 4.79 Å². The van der Waals surface area contributed by atoms with Gasteiger partial charge in [0, 0.05) is 0 Å². The first-order valence-electron chi connectivity index (χ1n) is 5.27. The van der Waals surface area contributed by atoms with Gasteiger partial charge in [-0.2, -0.15) is 0 Å². The Bertz CT molecular complexity index is 536. The van der Waals surface area contributed by atoms with Gasteiger partial charge in [-0.1, -0.05) is 30.0 Å². The van der Waals surface area contributed by atoms with Crippen molar-refractivity contribution < 1.29 is 4.79 Å². The number of Topliss-reactive ketones (excluding diaryl/α,β-unsaturated/α-hetero) is 1. The molecule has 0 fully saturated rings. The molecule has 0 aliphatic heterocycles. The van der Waals surface area contributed by atoms with Crippen molar-refractivity contribution in [1.82, 2.24) is 14.8 Å². The van der Waals surface area contributed by atoms with Crippen LogP contribution in [0.3, 0.4) is 0 Å². The number of para-hydroxylation sites is 1. The summed E-state index contributed by atoms with van der Waals surface area (Å²) in [5.74, 6) is 0.555. The molecule has 0 aliphatic rings. The Morgan fingerprint density at radius 2 is 2.18 bits per heavy atom. The van der Waals surface area contributed by atoms with Crippen molar-refractivity contribution in [3.05, 3.63) is 36.2 Å². The van der Waals surface area contributed by atoms with Crippen molar-refractivity contribution in [2.75, 3.05) is 5.75 Å². The number of thioether (sulfide) groups is 1. The van der Waals surface area contributed by atoms with Gasteiger partial charge in [-0.3, -0.25) is 9.36 Å². The Kier molecular flexibility index (Phi) is 3.58. The molecule has 0 bridgehead atoms. The van der Waals surface area contributed by atoms with E-state index in [1.54, 1.807) is 13.3 Å². The summed E-state index contributed by atoms with van der Waals surface area (Å²) >= 11 is 1.41. The molecule has 0 N–H and O–H groups in total. The monoisotopic (exact) mass is 247 g/mol. The molecule has 0 amide bonds. The van der Waals surface area contributed by atoms with Crippen molar-refractivity contribution in [2.24, 2.45) is 0 Å². The molecule has 4 nitrogen and oxygen atoms in total. The summed E-state index contributed by atoms with van der Waals surface area (Å²) in [6.07, 6.45) is 1.67. The maximum atomic E-state index is 11.0. The number of hydrogen-bond acceptors (Lipinski definition) is 4. The highest BCUT2D eigenvalue weighted by Crippen LogP contribution is 2.21. The van der Waals surface area contributed by atoms with Crippen LogP contribution in [0.4, 0.5) is 0 Å². The van der Waals surface area contributed by atoms with Gasteiger partial charge in [0.25, 0.3) is 0 Å². The molecule has 0 aliphatic carbocycles. The first-order chi connectivity index (χ1) is 8.18. The van der Waals surface area contributed by atoms with Crippen molar-refractivity contribution in [1.29, 1.82) is 0 Å². The Labute approximate surface area is 104 Å². The van der Waals surface area contributed by atoms with E-state index < -0.39 is 0 Å². The molecule has 0 spiro atoms. The van der Waals surface area contributed by atoms with Crippen LogP contribution in [0, 0.1) is 6.92 Å². The molecule has 0 atom stereocenters. The number of aryl methyl sites for hydroxylation is 1. The van der Waals surface area contributed by atoms with Crippen LogP contribution in [0.5, 0.6) is 0 Å². The van der Waals surface area contributed by atoms with Gasteiger partial charge in [-0.15, -0.1) is 10.2 Å². The van der Waals surface area contributed by atoms with Crippen LogP contribution in [0.2, 0.25) is 0 Å². The second-order valence-electron chi connectivity index (χ2n) is 3.76. The fourth-order valence-electron chi connectivity index (χ4n) is 1.49. The molecule has 1 heterocycles. The second kappa shape index (κ2) is 5.14. The van der Waals surface area contributed by atoms with Crippen LogP contribution in [0.15, 0.2) is 35.7 Å². The zero-order valence-electron chi connectivity index (χ0n) is 9.75. The lowest BCUT2D eigenvalue weighted by molar-refractivity contribution is -0.114. The van der Waals surface area contributed by atoms with Crippen LogP contribution in [-0.4, -0.2) is 26.3 Å². The Hall–Kier alpha value is -1.62. The summed E-state index contributed by atoms with van der Waals surface area (Å²) in [5, 5.41) is 8.67. The largest absolute Gasteiger partial charge is 0.299 e. The van der Waals surface area contributed by atoms with E-state index in [4.69, 9.17) is 0 Å². The maximum absolute atomic E-state index is 11.0. The summed E-state index contributed by atoms with van der Waals surface area (Å²) < 4.78 is 1.91. The third-order valence-corrected chi connectivity index (χ3v) is 3.38. The van der Waals surface area contributed by atoms with Crippen molar-refractivity contribution in [3.8, 4) is 5.69 Å². The van der Waals surface area contributed by atoms with E-state index in [0.717, 1.165) is 16.4 Å². The number of carbonyl (C=O) groups is 1. The fourth-order valence-corrected chi connectivity index (χ4v) is 2.21. The van der Waals surface area contributed by atoms with Crippen molar-refractivity contribution >= 4 is 17.5 Å². The van der Waals surface area contributed by atoms with E-state index in [1.807, 2.05) is 35.8 Å². The quantitative estimate of drug-likeness (QED) is 0.777. The van der Waals surface area contributed by atoms with E-state index in [2.05, 4.69) is 10.2 Å². The highest BCUT2D eigenvalue weighted by Gasteiger charge is 2.09. The molecule has 88 valence electrons. The van der Waals surface area contributed by atoms with E-state index in [-0.39, 0.29) is 5.78 Å². The summed E-state index contributed by atoms with van der Waals surface area (Å²) in [5.41, 5.74) is 2.19. The van der Waals surface area contributed by atoms with Crippen molar-refractivity contribution in [2.45, 2.75) is 19.0 Å². The zero-order valence-corrected chi connectivity index (χ0v) is 10.6. The smallest absolute Gasteiger partial charge is 0.196 e. The topological polar surface area (TPSA) is 47.8 Å². The lowest BCUT2D eigenvalue weighted by Crippen LogP contribution is -2.00. The fraction of sp³-hybridized carbons (Fsp3) is 0.250. The highest BCUT2D eigenvalue weighted by molar-refractivity contribution is 7.99. The summed E-state index contributed by atoms with van der Waals surface area (Å²) in [4.78, 5) is 11.0. The van der Waals surface area contributed by atoms with Crippen LogP contribution < -0.4 is 0 Å². The van der Waals surface area contributed by atoms with Gasteiger partial charge in [0.15, 0.2) is 5.16 Å². The average Bonchev–Trinajstić information content (AvgIpc) is 2.75. The molecular formula is C12H13N3OS.